The molecule has 2 aliphatic rings. The first-order valence-electron chi connectivity index (χ1n) is 9.58. The van der Waals surface area contributed by atoms with Crippen LogP contribution in [0.25, 0.3) is 0 Å². The summed E-state index contributed by atoms with van der Waals surface area (Å²) in [4.78, 5) is 2.29. The number of sulfonamides is 2. The molecule has 0 aliphatic carbocycles. The molecule has 0 spiro atoms. The molecular formula is C16H38BrClN4O4S2. The number of rotatable bonds is 5. The molecule has 0 bridgehead atoms. The van der Waals surface area contributed by atoms with Gasteiger partial charge in [0, 0.05) is 5.33 Å². The molecule has 2 rings (SSSR count). The maximum absolute atomic E-state index is 11.0. The van der Waals surface area contributed by atoms with Gasteiger partial charge in [-0.1, -0.05) is 29.8 Å². The predicted molar refractivity (Wildman–Crippen MR) is 123 cm³/mol. The molecule has 0 saturated carbocycles. The third kappa shape index (κ3) is 14.5. The van der Waals surface area contributed by atoms with Crippen LogP contribution in [0.1, 0.15) is 52.4 Å². The zero-order valence-electron chi connectivity index (χ0n) is 17.0. The minimum atomic E-state index is -3.29. The van der Waals surface area contributed by atoms with Crippen molar-refractivity contribution in [2.24, 2.45) is 10.3 Å². The molecule has 12 heteroatoms. The average Bonchev–Trinajstić information content (AvgIpc) is 2.62. The van der Waals surface area contributed by atoms with E-state index in [0.29, 0.717) is 25.7 Å². The molecule has 2 saturated heterocycles. The summed E-state index contributed by atoms with van der Waals surface area (Å²) in [7, 11) is -6.56. The van der Waals surface area contributed by atoms with Gasteiger partial charge in [0.2, 0.25) is 20.0 Å². The van der Waals surface area contributed by atoms with Gasteiger partial charge in [-0.15, -0.1) is 12.4 Å². The number of primary sulfonamides is 2. The fraction of sp³-hybridized carbons (Fsp3) is 1.00. The lowest BCUT2D eigenvalue weighted by molar-refractivity contribution is 0.230. The third-order valence-electron chi connectivity index (χ3n) is 4.48. The molecule has 2 fully saturated rings. The summed E-state index contributed by atoms with van der Waals surface area (Å²) in [6.45, 7) is 8.60. The molecule has 0 radical (unpaired) electrons. The smallest absolute Gasteiger partial charge is 0.212 e. The van der Waals surface area contributed by atoms with Crippen LogP contribution in [0.5, 0.6) is 0 Å². The van der Waals surface area contributed by atoms with Crippen LogP contribution in [0, 0.1) is 0 Å². The highest BCUT2D eigenvalue weighted by Crippen LogP contribution is 2.15. The van der Waals surface area contributed by atoms with Crippen LogP contribution in [-0.4, -0.2) is 70.3 Å². The zero-order valence-corrected chi connectivity index (χ0v) is 21.0. The Hall–Kier alpha value is 0.510. The summed E-state index contributed by atoms with van der Waals surface area (Å²) < 4.78 is 43.5. The highest BCUT2D eigenvalue weighted by atomic mass is 79.9. The van der Waals surface area contributed by atoms with E-state index < -0.39 is 20.0 Å². The van der Waals surface area contributed by atoms with Crippen LogP contribution < -0.4 is 15.6 Å². The van der Waals surface area contributed by atoms with Gasteiger partial charge in [-0.25, -0.2) is 27.1 Å². The second-order valence-corrected chi connectivity index (χ2v) is 11.3. The van der Waals surface area contributed by atoms with Crippen LogP contribution in [0.15, 0.2) is 0 Å². The maximum atomic E-state index is 11.0. The molecule has 0 aromatic carbocycles. The number of nitrogens with two attached hydrogens (primary N) is 2. The van der Waals surface area contributed by atoms with Gasteiger partial charge in [-0.05, 0) is 71.2 Å². The zero-order chi connectivity index (χ0) is 20.9. The molecule has 5 N–H and O–H groups in total. The fourth-order valence-corrected chi connectivity index (χ4v) is 4.66. The van der Waals surface area contributed by atoms with Crippen LogP contribution >= 0.6 is 28.3 Å². The van der Waals surface area contributed by atoms with E-state index in [0.717, 1.165) is 44.5 Å². The Balaban J connectivity index is 0. The van der Waals surface area contributed by atoms with Crippen LogP contribution in [-0.2, 0) is 20.0 Å². The summed E-state index contributed by atoms with van der Waals surface area (Å²) in [6, 6.07) is 0. The van der Waals surface area contributed by atoms with Crippen molar-refractivity contribution < 1.29 is 16.8 Å². The molecule has 2 heterocycles. The minimum absolute atomic E-state index is 0. The van der Waals surface area contributed by atoms with Gasteiger partial charge in [0.1, 0.15) is 0 Å². The summed E-state index contributed by atoms with van der Waals surface area (Å²) >= 11 is 3.25. The van der Waals surface area contributed by atoms with Crippen molar-refractivity contribution in [1.29, 1.82) is 0 Å². The Morgan fingerprint density at radius 2 is 1.29 bits per heavy atom. The molecule has 0 amide bonds. The fourth-order valence-electron chi connectivity index (χ4n) is 2.90. The average molecular weight is 530 g/mol. The summed E-state index contributed by atoms with van der Waals surface area (Å²) in [6.07, 6.45) is 5.05. The predicted octanol–water partition coefficient (Wildman–Crippen LogP) is 1.39. The second-order valence-electron chi connectivity index (χ2n) is 6.86. The molecule has 172 valence electrons. The van der Waals surface area contributed by atoms with E-state index in [-0.39, 0.29) is 22.9 Å². The molecule has 0 aromatic rings. The SMILES string of the molecule is CCCBr.CCCN1CCC(S(N)(=O)=O)CC1.Cl.NS(=O)(=O)C1CCNCC1. The standard InChI is InChI=1S/C8H18N2O2S.C5H12N2O2S.C3H7Br.ClH/c1-2-5-10-6-3-8(4-7-10)13(9,11)12;6-10(8,9)5-1-3-7-4-2-5;1-2-3-4;/h8H,2-7H2,1H3,(H2,9,11,12);5,7H,1-4H2,(H2,6,8,9);2-3H2,1H3;1H. The van der Waals surface area contributed by atoms with Crippen molar-refractivity contribution in [3.8, 4) is 0 Å². The number of alkyl halides is 1. The van der Waals surface area contributed by atoms with E-state index >= 15 is 0 Å². The van der Waals surface area contributed by atoms with Crippen LogP contribution in [0.3, 0.4) is 0 Å². The van der Waals surface area contributed by atoms with E-state index in [4.69, 9.17) is 10.3 Å². The Morgan fingerprint density at radius 3 is 1.57 bits per heavy atom. The minimum Gasteiger partial charge on any atom is -0.317 e. The maximum Gasteiger partial charge on any atom is 0.212 e. The lowest BCUT2D eigenvalue weighted by Crippen LogP contribution is -2.41. The number of nitrogens with one attached hydrogen (secondary N) is 1. The number of halogens is 2. The van der Waals surface area contributed by atoms with E-state index in [9.17, 15) is 16.8 Å². The Kier molecular flexibility index (Phi) is 17.8. The number of piperidine rings is 2. The van der Waals surface area contributed by atoms with Gasteiger partial charge in [0.05, 0.1) is 10.5 Å². The monoisotopic (exact) mass is 528 g/mol. The quantitative estimate of drug-likeness (QED) is 0.460. The van der Waals surface area contributed by atoms with Gasteiger partial charge in [0.25, 0.3) is 0 Å². The van der Waals surface area contributed by atoms with Gasteiger partial charge < -0.3 is 10.2 Å². The molecule has 28 heavy (non-hydrogen) atoms. The molecule has 8 nitrogen and oxygen atoms in total. The Morgan fingerprint density at radius 1 is 0.893 bits per heavy atom. The lowest BCUT2D eigenvalue weighted by Gasteiger charge is -2.30. The number of hydrogen-bond donors (Lipinski definition) is 3. The largest absolute Gasteiger partial charge is 0.317 e. The first kappa shape index (κ1) is 30.7. The van der Waals surface area contributed by atoms with E-state index in [1.807, 2.05) is 0 Å². The lowest BCUT2D eigenvalue weighted by atomic mass is 10.1. The summed E-state index contributed by atoms with van der Waals surface area (Å²) in [5.41, 5.74) is 0. The summed E-state index contributed by atoms with van der Waals surface area (Å²) in [5, 5.41) is 13.6. The van der Waals surface area contributed by atoms with Crippen molar-refractivity contribution in [3.05, 3.63) is 0 Å². The van der Waals surface area contributed by atoms with Crippen LogP contribution in [0.2, 0.25) is 0 Å². The van der Waals surface area contributed by atoms with Crippen molar-refractivity contribution in [2.75, 3.05) is 38.1 Å². The highest BCUT2D eigenvalue weighted by molar-refractivity contribution is 9.09. The molecule has 0 aromatic heterocycles. The number of nitrogens with zero attached hydrogens (tertiary/aromatic N) is 1. The molecule has 2 aliphatic heterocycles. The second kappa shape index (κ2) is 16.2. The Bertz CT molecular complexity index is 577. The van der Waals surface area contributed by atoms with E-state index in [1.54, 1.807) is 0 Å². The Labute approximate surface area is 186 Å². The van der Waals surface area contributed by atoms with Gasteiger partial charge in [-0.3, -0.25) is 0 Å². The summed E-state index contributed by atoms with van der Waals surface area (Å²) in [5.74, 6) is 0. The van der Waals surface area contributed by atoms with E-state index in [2.05, 4.69) is 40.0 Å². The third-order valence-corrected chi connectivity index (χ3v) is 8.07. The van der Waals surface area contributed by atoms with Gasteiger partial charge in [0.15, 0.2) is 0 Å². The van der Waals surface area contributed by atoms with Crippen molar-refractivity contribution in [3.63, 3.8) is 0 Å². The normalized spacial score (nSPS) is 19.5. The molecule has 0 atom stereocenters. The number of hydrogen-bond acceptors (Lipinski definition) is 6. The molecular weight excluding hydrogens is 492 g/mol. The van der Waals surface area contributed by atoms with Crippen molar-refractivity contribution in [1.82, 2.24) is 10.2 Å². The first-order chi connectivity index (χ1) is 12.6. The topological polar surface area (TPSA) is 136 Å². The van der Waals surface area contributed by atoms with Crippen molar-refractivity contribution >= 4 is 48.4 Å². The first-order valence-corrected chi connectivity index (χ1v) is 13.9. The van der Waals surface area contributed by atoms with Gasteiger partial charge >= 0.3 is 0 Å². The highest BCUT2D eigenvalue weighted by Gasteiger charge is 2.26. The number of likely N-dealkylation sites (tertiary alicyclic amines) is 1. The van der Waals surface area contributed by atoms with Gasteiger partial charge in [-0.2, -0.15) is 0 Å². The van der Waals surface area contributed by atoms with Crippen LogP contribution in [0.4, 0.5) is 0 Å². The molecule has 0 unspecified atom stereocenters. The van der Waals surface area contributed by atoms with Crippen molar-refractivity contribution in [2.45, 2.75) is 62.9 Å². The van der Waals surface area contributed by atoms with E-state index in [1.165, 1.54) is 6.42 Å².